The first kappa shape index (κ1) is 18.5. The predicted molar refractivity (Wildman–Crippen MR) is 109 cm³/mol. The fourth-order valence-corrected chi connectivity index (χ4v) is 3.79. The molecule has 0 aliphatic rings. The Hall–Kier alpha value is -2.24. The summed E-state index contributed by atoms with van der Waals surface area (Å²) in [6.07, 6.45) is 0. The molecule has 0 bridgehead atoms. The average Bonchev–Trinajstić information content (AvgIpc) is 2.92. The van der Waals surface area contributed by atoms with Crippen molar-refractivity contribution in [2.75, 3.05) is 11.1 Å². The summed E-state index contributed by atoms with van der Waals surface area (Å²) in [6.45, 7) is 5.88. The molecule has 0 atom stereocenters. The minimum atomic E-state index is -0.0633. The van der Waals surface area contributed by atoms with Gasteiger partial charge in [0.25, 0.3) is 0 Å². The molecule has 0 unspecified atom stereocenters. The van der Waals surface area contributed by atoms with E-state index in [0.29, 0.717) is 10.8 Å². The molecular formula is C20H20ClN3OS. The van der Waals surface area contributed by atoms with Crippen LogP contribution in [0.25, 0.3) is 5.69 Å². The van der Waals surface area contributed by atoms with Gasteiger partial charge in [-0.05, 0) is 50.6 Å². The summed E-state index contributed by atoms with van der Waals surface area (Å²) >= 11 is 7.60. The largest absolute Gasteiger partial charge is 0.325 e. The summed E-state index contributed by atoms with van der Waals surface area (Å²) in [5, 5.41) is 8.19. The molecule has 0 radical (unpaired) electrons. The van der Waals surface area contributed by atoms with E-state index in [1.807, 2.05) is 74.0 Å². The van der Waals surface area contributed by atoms with Gasteiger partial charge >= 0.3 is 0 Å². The first-order chi connectivity index (χ1) is 12.5. The molecule has 3 aromatic rings. The van der Waals surface area contributed by atoms with Crippen LogP contribution in [-0.4, -0.2) is 21.4 Å². The second-order valence-electron chi connectivity index (χ2n) is 6.00. The lowest BCUT2D eigenvalue weighted by Crippen LogP contribution is -2.15. The highest BCUT2D eigenvalue weighted by Crippen LogP contribution is 2.28. The minimum absolute atomic E-state index is 0.0633. The Morgan fingerprint density at radius 2 is 1.85 bits per heavy atom. The standard InChI is InChI=1S/C20H20ClN3OS/c1-13-17(21)10-7-11-18(13)22-19(25)12-26-20-14(2)23-24(15(20)3)16-8-5-4-6-9-16/h4-11H,12H2,1-3H3,(H,22,25). The number of rotatable bonds is 5. The molecule has 0 saturated carbocycles. The van der Waals surface area contributed by atoms with E-state index in [0.717, 1.165) is 33.2 Å². The maximum Gasteiger partial charge on any atom is 0.234 e. The molecule has 1 heterocycles. The Morgan fingerprint density at radius 1 is 1.12 bits per heavy atom. The summed E-state index contributed by atoms with van der Waals surface area (Å²) in [7, 11) is 0. The number of halogens is 1. The number of benzene rings is 2. The number of hydrogen-bond donors (Lipinski definition) is 1. The molecule has 0 aliphatic carbocycles. The van der Waals surface area contributed by atoms with Gasteiger partial charge in [0.2, 0.25) is 5.91 Å². The van der Waals surface area contributed by atoms with E-state index >= 15 is 0 Å². The Morgan fingerprint density at radius 3 is 2.58 bits per heavy atom. The van der Waals surface area contributed by atoms with Crippen molar-refractivity contribution in [2.45, 2.75) is 25.7 Å². The predicted octanol–water partition coefficient (Wildman–Crippen LogP) is 5.18. The second kappa shape index (κ2) is 7.98. The van der Waals surface area contributed by atoms with Gasteiger partial charge in [0, 0.05) is 10.7 Å². The molecule has 1 amide bonds. The van der Waals surface area contributed by atoms with Crippen molar-refractivity contribution in [3.63, 3.8) is 0 Å². The summed E-state index contributed by atoms with van der Waals surface area (Å²) < 4.78 is 1.91. The normalized spacial score (nSPS) is 10.8. The summed E-state index contributed by atoms with van der Waals surface area (Å²) in [6, 6.07) is 15.5. The molecule has 4 nitrogen and oxygen atoms in total. The summed E-state index contributed by atoms with van der Waals surface area (Å²) in [4.78, 5) is 13.4. The third-order valence-corrected chi connectivity index (χ3v) is 5.81. The SMILES string of the molecule is Cc1nn(-c2ccccc2)c(C)c1SCC(=O)Nc1cccc(Cl)c1C. The number of thioether (sulfide) groups is 1. The number of anilines is 1. The molecule has 2 aromatic carbocycles. The maximum absolute atomic E-state index is 12.3. The van der Waals surface area contributed by atoms with E-state index in [1.165, 1.54) is 11.8 Å². The quantitative estimate of drug-likeness (QED) is 0.615. The third kappa shape index (κ3) is 3.94. The van der Waals surface area contributed by atoms with Crippen LogP contribution in [0.1, 0.15) is 17.0 Å². The lowest BCUT2D eigenvalue weighted by atomic mass is 10.2. The minimum Gasteiger partial charge on any atom is -0.325 e. The molecule has 1 N–H and O–H groups in total. The fraction of sp³-hybridized carbons (Fsp3) is 0.200. The molecule has 0 aliphatic heterocycles. The number of carbonyl (C=O) groups is 1. The number of carbonyl (C=O) groups excluding carboxylic acids is 1. The number of hydrogen-bond acceptors (Lipinski definition) is 3. The van der Waals surface area contributed by atoms with Crippen molar-refractivity contribution >= 4 is 35.0 Å². The highest BCUT2D eigenvalue weighted by Gasteiger charge is 2.15. The fourth-order valence-electron chi connectivity index (χ4n) is 2.72. The van der Waals surface area contributed by atoms with Gasteiger partial charge in [-0.25, -0.2) is 4.68 Å². The van der Waals surface area contributed by atoms with E-state index < -0.39 is 0 Å². The highest BCUT2D eigenvalue weighted by molar-refractivity contribution is 8.00. The van der Waals surface area contributed by atoms with Crippen LogP contribution in [0, 0.1) is 20.8 Å². The highest BCUT2D eigenvalue weighted by atomic mass is 35.5. The molecular weight excluding hydrogens is 366 g/mol. The molecule has 6 heteroatoms. The number of para-hydroxylation sites is 1. The first-order valence-electron chi connectivity index (χ1n) is 8.26. The molecule has 3 rings (SSSR count). The van der Waals surface area contributed by atoms with Gasteiger partial charge in [-0.3, -0.25) is 4.79 Å². The number of amides is 1. The van der Waals surface area contributed by atoms with Gasteiger partial charge in [-0.2, -0.15) is 5.10 Å². The zero-order chi connectivity index (χ0) is 18.7. The Bertz CT molecular complexity index is 938. The van der Waals surface area contributed by atoms with Crippen LogP contribution in [0.5, 0.6) is 0 Å². The molecule has 0 fully saturated rings. The van der Waals surface area contributed by atoms with E-state index in [9.17, 15) is 4.79 Å². The lowest BCUT2D eigenvalue weighted by molar-refractivity contribution is -0.113. The monoisotopic (exact) mass is 385 g/mol. The van der Waals surface area contributed by atoms with Gasteiger partial charge < -0.3 is 5.32 Å². The van der Waals surface area contributed by atoms with Crippen molar-refractivity contribution in [1.29, 1.82) is 0 Å². The molecule has 1 aromatic heterocycles. The first-order valence-corrected chi connectivity index (χ1v) is 9.63. The van der Waals surface area contributed by atoms with Crippen LogP contribution in [0.2, 0.25) is 5.02 Å². The van der Waals surface area contributed by atoms with Crippen molar-refractivity contribution in [2.24, 2.45) is 0 Å². The van der Waals surface area contributed by atoms with Crippen LogP contribution in [-0.2, 0) is 4.79 Å². The van der Waals surface area contributed by atoms with Gasteiger partial charge in [-0.1, -0.05) is 35.9 Å². The Kier molecular flexibility index (Phi) is 5.69. The third-order valence-electron chi connectivity index (χ3n) is 4.12. The van der Waals surface area contributed by atoms with Crippen LogP contribution in [0.3, 0.4) is 0 Å². The van der Waals surface area contributed by atoms with E-state index in [4.69, 9.17) is 11.6 Å². The average molecular weight is 386 g/mol. The van der Waals surface area contributed by atoms with Gasteiger partial charge in [0.1, 0.15) is 0 Å². The summed E-state index contributed by atoms with van der Waals surface area (Å²) in [5.74, 6) is 0.250. The topological polar surface area (TPSA) is 46.9 Å². The molecule has 26 heavy (non-hydrogen) atoms. The van der Waals surface area contributed by atoms with E-state index in [2.05, 4.69) is 10.4 Å². The van der Waals surface area contributed by atoms with Gasteiger partial charge in [0.15, 0.2) is 0 Å². The number of nitrogens with zero attached hydrogens (tertiary/aromatic N) is 2. The van der Waals surface area contributed by atoms with Crippen molar-refractivity contribution < 1.29 is 4.79 Å². The van der Waals surface area contributed by atoms with Crippen molar-refractivity contribution in [1.82, 2.24) is 9.78 Å². The van der Waals surface area contributed by atoms with Crippen LogP contribution < -0.4 is 5.32 Å². The maximum atomic E-state index is 12.3. The zero-order valence-corrected chi connectivity index (χ0v) is 16.5. The number of aryl methyl sites for hydroxylation is 1. The van der Waals surface area contributed by atoms with Crippen LogP contribution >= 0.6 is 23.4 Å². The zero-order valence-electron chi connectivity index (χ0n) is 14.9. The van der Waals surface area contributed by atoms with Gasteiger partial charge in [-0.15, -0.1) is 11.8 Å². The smallest absolute Gasteiger partial charge is 0.234 e. The number of nitrogens with one attached hydrogen (secondary N) is 1. The van der Waals surface area contributed by atoms with Gasteiger partial charge in [0.05, 0.1) is 27.7 Å². The Balaban J connectivity index is 1.71. The van der Waals surface area contributed by atoms with E-state index in [-0.39, 0.29) is 5.91 Å². The van der Waals surface area contributed by atoms with Crippen LogP contribution in [0.15, 0.2) is 53.4 Å². The Labute approximate surface area is 162 Å². The number of aromatic nitrogens is 2. The van der Waals surface area contributed by atoms with Crippen molar-refractivity contribution in [3.05, 3.63) is 70.5 Å². The molecule has 0 spiro atoms. The lowest BCUT2D eigenvalue weighted by Gasteiger charge is -2.09. The molecule has 0 saturated heterocycles. The second-order valence-corrected chi connectivity index (χ2v) is 7.39. The van der Waals surface area contributed by atoms with Crippen molar-refractivity contribution in [3.8, 4) is 5.69 Å². The molecule has 134 valence electrons. The van der Waals surface area contributed by atoms with Crippen LogP contribution in [0.4, 0.5) is 5.69 Å². The van der Waals surface area contributed by atoms with E-state index in [1.54, 1.807) is 0 Å². The summed E-state index contributed by atoms with van der Waals surface area (Å²) in [5.41, 5.74) is 4.58.